The van der Waals surface area contributed by atoms with Gasteiger partial charge in [-0.15, -0.1) is 0 Å². The highest BCUT2D eigenvalue weighted by atomic mass is 32.2. The van der Waals surface area contributed by atoms with E-state index in [0.29, 0.717) is 11.8 Å². The zero-order chi connectivity index (χ0) is 17.3. The molecule has 24 heavy (non-hydrogen) atoms. The molecule has 3 aromatic rings. The Balaban J connectivity index is 2.31. The second-order valence-electron chi connectivity index (χ2n) is 5.03. The first-order chi connectivity index (χ1) is 11.4. The first-order valence-electron chi connectivity index (χ1n) is 6.85. The number of hydrogen-bond acceptors (Lipinski definition) is 5. The molecule has 0 fully saturated rings. The van der Waals surface area contributed by atoms with Crippen LogP contribution in [0.4, 0.5) is 0 Å². The molecule has 0 amide bonds. The van der Waals surface area contributed by atoms with Crippen molar-refractivity contribution in [2.45, 2.75) is 4.90 Å². The summed E-state index contributed by atoms with van der Waals surface area (Å²) >= 11 is 0. The van der Waals surface area contributed by atoms with Gasteiger partial charge < -0.3 is 9.52 Å². The fourth-order valence-electron chi connectivity index (χ4n) is 2.34. The quantitative estimate of drug-likeness (QED) is 0.555. The molecule has 1 aromatic heterocycles. The lowest BCUT2D eigenvalue weighted by Crippen LogP contribution is -1.99. The van der Waals surface area contributed by atoms with Crippen LogP contribution in [0.15, 0.2) is 63.9 Å². The zero-order valence-electron chi connectivity index (χ0n) is 12.2. The Morgan fingerprint density at radius 1 is 0.958 bits per heavy atom. The highest BCUT2D eigenvalue weighted by Gasteiger charge is 2.20. The Morgan fingerprint density at radius 2 is 1.62 bits per heavy atom. The number of phenolic OH excluding ortho intramolecular Hbond substituents is 1. The van der Waals surface area contributed by atoms with Crippen LogP contribution in [0.25, 0.3) is 22.5 Å². The van der Waals surface area contributed by atoms with Crippen LogP contribution >= 0.6 is 0 Å². The van der Waals surface area contributed by atoms with Crippen LogP contribution in [-0.4, -0.2) is 24.4 Å². The molecule has 3 rings (SSSR count). The van der Waals surface area contributed by atoms with Gasteiger partial charge in [0.2, 0.25) is 0 Å². The van der Waals surface area contributed by atoms with Crippen molar-refractivity contribution in [1.29, 1.82) is 0 Å². The van der Waals surface area contributed by atoms with E-state index >= 15 is 0 Å². The van der Waals surface area contributed by atoms with E-state index in [-0.39, 0.29) is 28.4 Å². The fraction of sp³-hybridized carbons (Fsp3) is 0. The molecule has 6 nitrogen and oxygen atoms in total. The second kappa shape index (κ2) is 5.95. The maximum Gasteiger partial charge on any atom is 0.294 e. The number of benzene rings is 2. The second-order valence-corrected chi connectivity index (χ2v) is 6.45. The van der Waals surface area contributed by atoms with Crippen LogP contribution < -0.4 is 0 Å². The van der Waals surface area contributed by atoms with Gasteiger partial charge in [0, 0.05) is 5.56 Å². The Hall–Kier alpha value is -2.90. The van der Waals surface area contributed by atoms with Gasteiger partial charge in [0.1, 0.15) is 11.5 Å². The standard InChI is InChI=1S/C17H12O6S/c18-10-12-6-7-16(23-12)15-9-13(24(20,21)22)8-14(17(15)19)11-4-2-1-3-5-11/h1-10,19H,(H,20,21,22). The third-order valence-electron chi connectivity index (χ3n) is 3.47. The lowest BCUT2D eigenvalue weighted by molar-refractivity contribution is 0.110. The van der Waals surface area contributed by atoms with Gasteiger partial charge in [0.15, 0.2) is 12.0 Å². The lowest BCUT2D eigenvalue weighted by Gasteiger charge is -2.11. The molecular formula is C17H12O6S. The molecule has 7 heteroatoms. The average molecular weight is 344 g/mol. The van der Waals surface area contributed by atoms with E-state index in [1.54, 1.807) is 30.3 Å². The summed E-state index contributed by atoms with van der Waals surface area (Å²) < 4.78 is 37.8. The van der Waals surface area contributed by atoms with E-state index in [4.69, 9.17) is 4.42 Å². The summed E-state index contributed by atoms with van der Waals surface area (Å²) in [7, 11) is -4.50. The van der Waals surface area contributed by atoms with Gasteiger partial charge >= 0.3 is 0 Å². The molecule has 0 spiro atoms. The lowest BCUT2D eigenvalue weighted by atomic mass is 10.0. The van der Waals surface area contributed by atoms with Gasteiger partial charge in [-0.3, -0.25) is 9.35 Å². The van der Waals surface area contributed by atoms with E-state index < -0.39 is 15.0 Å². The van der Waals surface area contributed by atoms with Crippen molar-refractivity contribution in [2.75, 3.05) is 0 Å². The summed E-state index contributed by atoms with van der Waals surface area (Å²) in [4.78, 5) is 10.4. The van der Waals surface area contributed by atoms with Crippen LogP contribution in [0.5, 0.6) is 5.75 Å². The first kappa shape index (κ1) is 16.0. The molecule has 0 saturated heterocycles. The van der Waals surface area contributed by atoms with E-state index in [9.17, 15) is 22.9 Å². The normalized spacial score (nSPS) is 11.4. The molecule has 0 radical (unpaired) electrons. The van der Waals surface area contributed by atoms with Crippen LogP contribution in [-0.2, 0) is 10.1 Å². The third kappa shape index (κ3) is 2.94. The van der Waals surface area contributed by atoms with E-state index in [1.165, 1.54) is 18.2 Å². The van der Waals surface area contributed by atoms with E-state index in [1.807, 2.05) is 0 Å². The van der Waals surface area contributed by atoms with E-state index in [2.05, 4.69) is 0 Å². The van der Waals surface area contributed by atoms with Gasteiger partial charge in [0.05, 0.1) is 10.5 Å². The molecule has 0 saturated carbocycles. The van der Waals surface area contributed by atoms with Crippen molar-refractivity contribution in [2.24, 2.45) is 0 Å². The summed E-state index contributed by atoms with van der Waals surface area (Å²) in [6.45, 7) is 0. The molecule has 0 atom stereocenters. The van der Waals surface area contributed by atoms with Crippen molar-refractivity contribution in [3.05, 3.63) is 60.4 Å². The average Bonchev–Trinajstić information content (AvgIpc) is 3.03. The minimum atomic E-state index is -4.50. The molecule has 122 valence electrons. The van der Waals surface area contributed by atoms with Gasteiger partial charge in [-0.05, 0) is 29.8 Å². The third-order valence-corrected chi connectivity index (χ3v) is 4.31. The molecule has 0 unspecified atom stereocenters. The number of carbonyl (C=O) groups excluding carboxylic acids is 1. The van der Waals surface area contributed by atoms with Crippen molar-refractivity contribution < 1.29 is 27.3 Å². The van der Waals surface area contributed by atoms with Crippen molar-refractivity contribution in [3.63, 3.8) is 0 Å². The van der Waals surface area contributed by atoms with Gasteiger partial charge in [-0.25, -0.2) is 0 Å². The number of aldehydes is 1. The Kier molecular flexibility index (Phi) is 3.96. The smallest absolute Gasteiger partial charge is 0.294 e. The first-order valence-corrected chi connectivity index (χ1v) is 8.29. The predicted octanol–water partition coefficient (Wildman–Crippen LogP) is 3.38. The maximum atomic E-state index is 11.6. The number of phenols is 1. The van der Waals surface area contributed by atoms with Crippen molar-refractivity contribution in [1.82, 2.24) is 0 Å². The van der Waals surface area contributed by atoms with Crippen LogP contribution in [0.2, 0.25) is 0 Å². The Labute approximate surface area is 137 Å². The molecule has 1 heterocycles. The summed E-state index contributed by atoms with van der Waals surface area (Å²) in [5.74, 6) is -0.0828. The fourth-order valence-corrected chi connectivity index (χ4v) is 2.88. The Morgan fingerprint density at radius 3 is 2.21 bits per heavy atom. The topological polar surface area (TPSA) is 105 Å². The molecule has 0 aliphatic heterocycles. The summed E-state index contributed by atoms with van der Waals surface area (Å²) in [6, 6.07) is 13.7. The molecule has 0 aliphatic rings. The largest absolute Gasteiger partial charge is 0.507 e. The number of rotatable bonds is 4. The van der Waals surface area contributed by atoms with Gasteiger partial charge in [0.25, 0.3) is 10.1 Å². The van der Waals surface area contributed by atoms with Gasteiger partial charge in [-0.2, -0.15) is 8.42 Å². The predicted molar refractivity (Wildman–Crippen MR) is 86.4 cm³/mol. The molecular weight excluding hydrogens is 332 g/mol. The SMILES string of the molecule is O=Cc1ccc(-c2cc(S(=O)(=O)O)cc(-c3ccccc3)c2O)o1. The maximum absolute atomic E-state index is 11.6. The summed E-state index contributed by atoms with van der Waals surface area (Å²) in [5.41, 5.74) is 0.825. The molecule has 2 aromatic carbocycles. The molecule has 0 bridgehead atoms. The number of furan rings is 1. The highest BCUT2D eigenvalue weighted by molar-refractivity contribution is 7.85. The number of carbonyl (C=O) groups is 1. The summed E-state index contributed by atoms with van der Waals surface area (Å²) in [6.07, 6.45) is 0.491. The van der Waals surface area contributed by atoms with E-state index in [0.717, 1.165) is 6.07 Å². The minimum Gasteiger partial charge on any atom is -0.507 e. The van der Waals surface area contributed by atoms with Crippen LogP contribution in [0.3, 0.4) is 0 Å². The highest BCUT2D eigenvalue weighted by Crippen LogP contribution is 2.40. The summed E-state index contributed by atoms with van der Waals surface area (Å²) in [5, 5.41) is 10.5. The molecule has 0 aliphatic carbocycles. The molecule has 2 N–H and O–H groups in total. The zero-order valence-corrected chi connectivity index (χ0v) is 13.0. The van der Waals surface area contributed by atoms with Crippen molar-refractivity contribution >= 4 is 16.4 Å². The van der Waals surface area contributed by atoms with Gasteiger partial charge in [-0.1, -0.05) is 30.3 Å². The monoisotopic (exact) mass is 344 g/mol. The van der Waals surface area contributed by atoms with Crippen molar-refractivity contribution in [3.8, 4) is 28.2 Å². The van der Waals surface area contributed by atoms with Crippen LogP contribution in [0, 0.1) is 0 Å². The minimum absolute atomic E-state index is 0.0305. The number of aromatic hydroxyl groups is 1. The number of hydrogen-bond donors (Lipinski definition) is 2. The van der Waals surface area contributed by atoms with Crippen LogP contribution in [0.1, 0.15) is 10.6 Å². The Bertz CT molecular complexity index is 1000.